The van der Waals surface area contributed by atoms with Gasteiger partial charge in [0.15, 0.2) is 0 Å². The van der Waals surface area contributed by atoms with E-state index in [-0.39, 0.29) is 5.91 Å². The fourth-order valence-corrected chi connectivity index (χ4v) is 4.54. The topological polar surface area (TPSA) is 92.3 Å². The van der Waals surface area contributed by atoms with Gasteiger partial charge in [0.05, 0.1) is 21.6 Å². The molecule has 9 heteroatoms. The minimum Gasteiger partial charge on any atom is -0.486 e. The Balaban J connectivity index is 1.23. The van der Waals surface area contributed by atoms with E-state index in [1.54, 1.807) is 12.3 Å². The highest BCUT2D eigenvalue weighted by Crippen LogP contribution is 2.41. The van der Waals surface area contributed by atoms with Crippen LogP contribution in [0.25, 0.3) is 17.0 Å². The molecule has 8 nitrogen and oxygen atoms in total. The van der Waals surface area contributed by atoms with Crippen molar-refractivity contribution >= 4 is 51.7 Å². The first kappa shape index (κ1) is 24.1. The van der Waals surface area contributed by atoms with Crippen molar-refractivity contribution in [1.29, 1.82) is 0 Å². The monoisotopic (exact) mass is 524 g/mol. The third kappa shape index (κ3) is 5.22. The predicted octanol–water partition coefficient (Wildman–Crippen LogP) is 5.63. The van der Waals surface area contributed by atoms with Crippen molar-refractivity contribution in [2.24, 2.45) is 0 Å². The summed E-state index contributed by atoms with van der Waals surface area (Å²) in [5.74, 6) is 1.09. The smallest absolute Gasteiger partial charge is 0.248 e. The zero-order chi connectivity index (χ0) is 25.9. The Bertz CT molecular complexity index is 1550. The van der Waals surface area contributed by atoms with E-state index < -0.39 is 0 Å². The van der Waals surface area contributed by atoms with Crippen LogP contribution < -0.4 is 20.3 Å². The van der Waals surface area contributed by atoms with Crippen molar-refractivity contribution in [2.75, 3.05) is 16.8 Å². The molecule has 2 aromatic heterocycles. The van der Waals surface area contributed by atoms with Gasteiger partial charge in [-0.05, 0) is 61.4 Å². The van der Waals surface area contributed by atoms with Crippen molar-refractivity contribution in [3.05, 3.63) is 95.7 Å². The highest BCUT2D eigenvalue weighted by Gasteiger charge is 2.22. The molecule has 0 atom stereocenters. The maximum absolute atomic E-state index is 12.6. The summed E-state index contributed by atoms with van der Waals surface area (Å²) in [6, 6.07) is 15.6. The number of pyridine rings is 1. The number of anilines is 3. The molecule has 1 aliphatic carbocycles. The van der Waals surface area contributed by atoms with Crippen LogP contribution in [0.15, 0.2) is 79.4 Å². The van der Waals surface area contributed by atoms with Gasteiger partial charge in [0, 0.05) is 48.0 Å². The highest BCUT2D eigenvalue weighted by atomic mass is 35.5. The van der Waals surface area contributed by atoms with Crippen molar-refractivity contribution in [3.8, 4) is 5.75 Å². The molecule has 6 rings (SSSR count). The summed E-state index contributed by atoms with van der Waals surface area (Å²) in [4.78, 5) is 27.8. The number of aromatic nitrogens is 3. The normalized spacial score (nSPS) is 14.3. The van der Waals surface area contributed by atoms with E-state index in [0.29, 0.717) is 41.5 Å². The lowest BCUT2D eigenvalue weighted by molar-refractivity contribution is -0.111. The quantitative estimate of drug-likeness (QED) is 0.274. The Hall–Kier alpha value is -4.27. The van der Waals surface area contributed by atoms with Crippen molar-refractivity contribution in [3.63, 3.8) is 0 Å². The summed E-state index contributed by atoms with van der Waals surface area (Å²) in [7, 11) is 0. The summed E-state index contributed by atoms with van der Waals surface area (Å²) < 4.78 is 5.88. The average molecular weight is 525 g/mol. The maximum Gasteiger partial charge on any atom is 0.248 e. The molecule has 3 heterocycles. The molecule has 4 aromatic rings. The lowest BCUT2D eigenvalue weighted by Crippen LogP contribution is -2.17. The van der Waals surface area contributed by atoms with E-state index in [0.717, 1.165) is 27.8 Å². The Morgan fingerprint density at radius 3 is 2.87 bits per heavy atom. The van der Waals surface area contributed by atoms with Crippen LogP contribution in [-0.2, 0) is 11.4 Å². The van der Waals surface area contributed by atoms with Gasteiger partial charge in [0.2, 0.25) is 5.91 Å². The van der Waals surface area contributed by atoms with Gasteiger partial charge in [0.1, 0.15) is 24.5 Å². The van der Waals surface area contributed by atoms with Crippen molar-refractivity contribution < 1.29 is 9.53 Å². The number of hydrogen-bond acceptors (Lipinski definition) is 7. The first-order chi connectivity index (χ1) is 18.7. The van der Waals surface area contributed by atoms with Crippen LogP contribution >= 0.6 is 11.6 Å². The SMILES string of the molecule is O=C(/C=C/CNC1CC1)Nc1ccc2ncnc3c2c1C=CN3c1ccc(OCc2ccccn2)c(Cl)c1. The predicted molar refractivity (Wildman–Crippen MR) is 150 cm³/mol. The van der Waals surface area contributed by atoms with Gasteiger partial charge in [0.25, 0.3) is 0 Å². The van der Waals surface area contributed by atoms with Crippen LogP contribution in [0.1, 0.15) is 24.1 Å². The summed E-state index contributed by atoms with van der Waals surface area (Å²) in [5, 5.41) is 7.68. The lowest BCUT2D eigenvalue weighted by Gasteiger charge is -2.26. The van der Waals surface area contributed by atoms with Gasteiger partial charge in [-0.25, -0.2) is 9.97 Å². The maximum atomic E-state index is 12.6. The van der Waals surface area contributed by atoms with Gasteiger partial charge in [-0.2, -0.15) is 0 Å². The molecule has 1 fully saturated rings. The van der Waals surface area contributed by atoms with E-state index in [4.69, 9.17) is 16.3 Å². The second kappa shape index (κ2) is 10.6. The first-order valence-corrected chi connectivity index (χ1v) is 12.8. The van der Waals surface area contributed by atoms with Crippen LogP contribution in [0.3, 0.4) is 0 Å². The number of nitrogens with one attached hydrogen (secondary N) is 2. The molecule has 190 valence electrons. The van der Waals surface area contributed by atoms with Gasteiger partial charge >= 0.3 is 0 Å². The number of rotatable bonds is 9. The fraction of sp³-hybridized carbons (Fsp3) is 0.172. The summed E-state index contributed by atoms with van der Waals surface area (Å²) >= 11 is 6.59. The fourth-order valence-electron chi connectivity index (χ4n) is 4.31. The molecule has 2 N–H and O–H groups in total. The Kier molecular flexibility index (Phi) is 6.73. The average Bonchev–Trinajstić information content (AvgIpc) is 3.77. The van der Waals surface area contributed by atoms with E-state index in [9.17, 15) is 4.79 Å². The van der Waals surface area contributed by atoms with E-state index in [1.165, 1.54) is 19.2 Å². The molecule has 1 saturated carbocycles. The van der Waals surface area contributed by atoms with E-state index in [2.05, 4.69) is 25.6 Å². The summed E-state index contributed by atoms with van der Waals surface area (Å²) in [6.07, 6.45) is 13.0. The van der Waals surface area contributed by atoms with Gasteiger partial charge < -0.3 is 20.3 Å². The standard InChI is InChI=1S/C29H25ClN6O2/c30-23-16-21(8-11-26(23)38-17-20-4-1-2-13-32-20)36-15-12-22-24(9-10-25-28(22)29(36)34-18-33-25)35-27(37)5-3-14-31-19-6-7-19/h1-5,8-13,15-16,18-19,31H,6-7,14,17H2,(H,35,37)/b5-3+. The molecule has 0 unspecified atom stereocenters. The molecular weight excluding hydrogens is 500 g/mol. The molecular formula is C29H25ClN6O2. The molecule has 1 amide bonds. The molecule has 2 aromatic carbocycles. The van der Waals surface area contributed by atoms with Gasteiger partial charge in [-0.1, -0.05) is 23.7 Å². The number of carbonyl (C=O) groups is 1. The second-order valence-corrected chi connectivity index (χ2v) is 9.51. The number of hydrogen-bond donors (Lipinski definition) is 2. The van der Waals surface area contributed by atoms with Crippen LogP contribution in [0.2, 0.25) is 5.02 Å². The zero-order valence-electron chi connectivity index (χ0n) is 20.5. The van der Waals surface area contributed by atoms with Gasteiger partial charge in [-0.3, -0.25) is 9.78 Å². The Morgan fingerprint density at radius 1 is 1.13 bits per heavy atom. The van der Waals surface area contributed by atoms with Crippen LogP contribution in [-0.4, -0.2) is 33.4 Å². The third-order valence-electron chi connectivity index (χ3n) is 6.37. The minimum absolute atomic E-state index is 0.180. The molecule has 0 bridgehead atoms. The highest BCUT2D eigenvalue weighted by molar-refractivity contribution is 6.32. The molecule has 0 spiro atoms. The molecule has 0 saturated heterocycles. The Morgan fingerprint density at radius 2 is 2.05 bits per heavy atom. The zero-order valence-corrected chi connectivity index (χ0v) is 21.2. The number of nitrogens with zero attached hydrogens (tertiary/aromatic N) is 4. The number of ether oxygens (including phenoxy) is 1. The van der Waals surface area contributed by atoms with E-state index >= 15 is 0 Å². The molecule has 38 heavy (non-hydrogen) atoms. The van der Waals surface area contributed by atoms with Gasteiger partial charge in [-0.15, -0.1) is 0 Å². The summed E-state index contributed by atoms with van der Waals surface area (Å²) in [5.41, 5.74) is 3.98. The molecule has 2 aliphatic rings. The number of carbonyl (C=O) groups excluding carboxylic acids is 1. The number of halogens is 1. The largest absolute Gasteiger partial charge is 0.486 e. The van der Waals surface area contributed by atoms with Crippen molar-refractivity contribution in [2.45, 2.75) is 25.5 Å². The minimum atomic E-state index is -0.180. The third-order valence-corrected chi connectivity index (χ3v) is 6.66. The lowest BCUT2D eigenvalue weighted by atomic mass is 10.0. The summed E-state index contributed by atoms with van der Waals surface area (Å²) in [6.45, 7) is 1.01. The Labute approximate surface area is 225 Å². The number of amides is 1. The number of benzene rings is 2. The molecule has 0 radical (unpaired) electrons. The van der Waals surface area contributed by atoms with Crippen molar-refractivity contribution in [1.82, 2.24) is 20.3 Å². The van der Waals surface area contributed by atoms with Crippen LogP contribution in [0.5, 0.6) is 5.75 Å². The van der Waals surface area contributed by atoms with Crippen LogP contribution in [0.4, 0.5) is 17.2 Å². The first-order valence-electron chi connectivity index (χ1n) is 12.4. The van der Waals surface area contributed by atoms with E-state index in [1.807, 2.05) is 71.8 Å². The molecule has 1 aliphatic heterocycles. The van der Waals surface area contributed by atoms with Crippen LogP contribution in [0, 0.1) is 0 Å². The second-order valence-electron chi connectivity index (χ2n) is 9.10.